The summed E-state index contributed by atoms with van der Waals surface area (Å²) in [6, 6.07) is 13.2. The highest BCUT2D eigenvalue weighted by Crippen LogP contribution is 2.09. The molecule has 126 valence electrons. The summed E-state index contributed by atoms with van der Waals surface area (Å²) < 4.78 is 13.2. The molecule has 1 aliphatic heterocycles. The molecule has 3 rings (SSSR count). The van der Waals surface area contributed by atoms with Crippen molar-refractivity contribution in [2.45, 2.75) is 20.4 Å². The topological polar surface area (TPSA) is 20.0 Å². The van der Waals surface area contributed by atoms with E-state index in [2.05, 4.69) is 42.2 Å². The van der Waals surface area contributed by atoms with Crippen LogP contribution in [0.25, 0.3) is 0 Å². The standard InChI is InChI=1S/C20H24FN3/c1-16-6-7-19(17(2)12-16)15-23-8-10-24(11-9-23)22-14-18-4-3-5-20(21)13-18/h3-7,12-14H,8-11,15H2,1-2H3/p+1/b22-14-. The molecule has 1 N–H and O–H groups in total. The van der Waals surface area contributed by atoms with Crippen molar-refractivity contribution in [1.82, 2.24) is 5.01 Å². The smallest absolute Gasteiger partial charge is 0.123 e. The van der Waals surface area contributed by atoms with Gasteiger partial charge in [-0.3, -0.25) is 5.01 Å². The van der Waals surface area contributed by atoms with E-state index in [1.807, 2.05) is 6.07 Å². The second-order valence-corrected chi connectivity index (χ2v) is 6.61. The Morgan fingerprint density at radius 1 is 1.12 bits per heavy atom. The van der Waals surface area contributed by atoms with Crippen molar-refractivity contribution in [2.75, 3.05) is 26.2 Å². The van der Waals surface area contributed by atoms with Gasteiger partial charge in [0, 0.05) is 5.56 Å². The van der Waals surface area contributed by atoms with Crippen LogP contribution in [0.15, 0.2) is 47.6 Å². The molecule has 1 saturated heterocycles. The number of benzene rings is 2. The first-order valence-electron chi connectivity index (χ1n) is 8.54. The fourth-order valence-corrected chi connectivity index (χ4v) is 3.15. The third-order valence-corrected chi connectivity index (χ3v) is 4.60. The summed E-state index contributed by atoms with van der Waals surface area (Å²) in [5, 5.41) is 6.57. The van der Waals surface area contributed by atoms with Crippen LogP contribution in [-0.4, -0.2) is 37.4 Å². The number of hydrogen-bond donors (Lipinski definition) is 1. The van der Waals surface area contributed by atoms with Gasteiger partial charge in [0.05, 0.1) is 32.4 Å². The number of hydrogen-bond acceptors (Lipinski definition) is 2. The molecule has 3 nitrogen and oxygen atoms in total. The highest BCUT2D eigenvalue weighted by molar-refractivity contribution is 5.79. The van der Waals surface area contributed by atoms with E-state index in [0.717, 1.165) is 38.3 Å². The highest BCUT2D eigenvalue weighted by Gasteiger charge is 2.19. The van der Waals surface area contributed by atoms with Gasteiger partial charge in [0.1, 0.15) is 12.4 Å². The first kappa shape index (κ1) is 16.7. The third-order valence-electron chi connectivity index (χ3n) is 4.60. The highest BCUT2D eigenvalue weighted by atomic mass is 19.1. The molecule has 0 radical (unpaired) electrons. The maximum atomic E-state index is 13.2. The third kappa shape index (κ3) is 4.42. The van der Waals surface area contributed by atoms with Gasteiger partial charge >= 0.3 is 0 Å². The van der Waals surface area contributed by atoms with Crippen LogP contribution >= 0.6 is 0 Å². The molecule has 2 aromatic rings. The molecule has 2 aromatic carbocycles. The molecule has 0 bridgehead atoms. The summed E-state index contributed by atoms with van der Waals surface area (Å²) in [6.07, 6.45) is 1.75. The number of piperazine rings is 1. The van der Waals surface area contributed by atoms with E-state index in [0.29, 0.717) is 0 Å². The van der Waals surface area contributed by atoms with Crippen LogP contribution in [0.5, 0.6) is 0 Å². The number of nitrogens with one attached hydrogen (secondary N) is 1. The monoisotopic (exact) mass is 326 g/mol. The minimum atomic E-state index is -0.221. The molecule has 0 aromatic heterocycles. The fraction of sp³-hybridized carbons (Fsp3) is 0.350. The summed E-state index contributed by atoms with van der Waals surface area (Å²) in [7, 11) is 0. The van der Waals surface area contributed by atoms with Gasteiger partial charge in [-0.05, 0) is 37.1 Å². The van der Waals surface area contributed by atoms with Gasteiger partial charge in [0.25, 0.3) is 0 Å². The predicted molar refractivity (Wildman–Crippen MR) is 95.9 cm³/mol. The molecule has 0 spiro atoms. The summed E-state index contributed by atoms with van der Waals surface area (Å²) in [5.74, 6) is -0.221. The first-order valence-corrected chi connectivity index (χ1v) is 8.54. The average Bonchev–Trinajstić information content (AvgIpc) is 2.57. The van der Waals surface area contributed by atoms with Crippen molar-refractivity contribution in [3.8, 4) is 0 Å². The zero-order valence-corrected chi connectivity index (χ0v) is 14.4. The molecule has 1 aliphatic rings. The lowest BCUT2D eigenvalue weighted by molar-refractivity contribution is -0.918. The van der Waals surface area contributed by atoms with E-state index in [1.165, 1.54) is 28.8 Å². The van der Waals surface area contributed by atoms with Crippen LogP contribution in [0.1, 0.15) is 22.3 Å². The van der Waals surface area contributed by atoms with Gasteiger partial charge in [-0.25, -0.2) is 4.39 Å². The maximum absolute atomic E-state index is 13.2. The molecule has 24 heavy (non-hydrogen) atoms. The summed E-state index contributed by atoms with van der Waals surface area (Å²) in [4.78, 5) is 1.60. The van der Waals surface area contributed by atoms with E-state index in [9.17, 15) is 4.39 Å². The van der Waals surface area contributed by atoms with Crippen LogP contribution in [0.2, 0.25) is 0 Å². The van der Waals surface area contributed by atoms with Gasteiger partial charge in [-0.15, -0.1) is 0 Å². The Hall–Kier alpha value is -2.20. The van der Waals surface area contributed by atoms with E-state index in [-0.39, 0.29) is 5.82 Å². The van der Waals surface area contributed by atoms with Crippen LogP contribution < -0.4 is 4.90 Å². The van der Waals surface area contributed by atoms with Crippen molar-refractivity contribution in [1.29, 1.82) is 0 Å². The van der Waals surface area contributed by atoms with E-state index >= 15 is 0 Å². The number of quaternary nitrogens is 1. The van der Waals surface area contributed by atoms with Gasteiger partial charge in [-0.1, -0.05) is 35.9 Å². The van der Waals surface area contributed by atoms with Gasteiger partial charge in [0.2, 0.25) is 0 Å². The Kier molecular flexibility index (Phi) is 5.26. The molecule has 0 atom stereocenters. The van der Waals surface area contributed by atoms with Crippen molar-refractivity contribution >= 4 is 6.21 Å². The molecular formula is C20H25FN3+. The summed E-state index contributed by atoms with van der Waals surface area (Å²) in [6.45, 7) is 9.44. The Morgan fingerprint density at radius 2 is 1.92 bits per heavy atom. The summed E-state index contributed by atoms with van der Waals surface area (Å²) >= 11 is 0. The number of nitrogens with zero attached hydrogens (tertiary/aromatic N) is 2. The van der Waals surface area contributed by atoms with Crippen molar-refractivity contribution < 1.29 is 9.29 Å². The van der Waals surface area contributed by atoms with Crippen molar-refractivity contribution in [3.05, 3.63) is 70.5 Å². The van der Waals surface area contributed by atoms with Crippen LogP contribution in [-0.2, 0) is 6.54 Å². The molecule has 1 heterocycles. The van der Waals surface area contributed by atoms with Crippen LogP contribution in [0.4, 0.5) is 4.39 Å². The lowest BCUT2D eigenvalue weighted by Crippen LogP contribution is -3.13. The Morgan fingerprint density at radius 3 is 2.62 bits per heavy atom. The van der Waals surface area contributed by atoms with Crippen molar-refractivity contribution in [2.24, 2.45) is 5.10 Å². The molecule has 0 amide bonds. The zero-order chi connectivity index (χ0) is 16.9. The summed E-state index contributed by atoms with van der Waals surface area (Å²) in [5.41, 5.74) is 4.95. The Labute approximate surface area is 143 Å². The molecule has 1 fully saturated rings. The number of rotatable bonds is 4. The normalized spacial score (nSPS) is 16.0. The van der Waals surface area contributed by atoms with Gasteiger partial charge < -0.3 is 4.90 Å². The van der Waals surface area contributed by atoms with E-state index in [1.54, 1.807) is 17.2 Å². The second-order valence-electron chi connectivity index (χ2n) is 6.61. The van der Waals surface area contributed by atoms with E-state index < -0.39 is 0 Å². The Bertz CT molecular complexity index is 719. The average molecular weight is 326 g/mol. The Balaban J connectivity index is 1.52. The minimum Gasteiger partial charge on any atom is -0.328 e. The van der Waals surface area contributed by atoms with Crippen LogP contribution in [0, 0.1) is 19.7 Å². The number of halogens is 1. The van der Waals surface area contributed by atoms with Crippen LogP contribution in [0.3, 0.4) is 0 Å². The molecule has 4 heteroatoms. The minimum absolute atomic E-state index is 0.221. The molecular weight excluding hydrogens is 301 g/mol. The van der Waals surface area contributed by atoms with Gasteiger partial charge in [0.15, 0.2) is 0 Å². The van der Waals surface area contributed by atoms with Gasteiger partial charge in [-0.2, -0.15) is 5.10 Å². The quantitative estimate of drug-likeness (QED) is 0.854. The van der Waals surface area contributed by atoms with Crippen molar-refractivity contribution in [3.63, 3.8) is 0 Å². The fourth-order valence-electron chi connectivity index (χ4n) is 3.15. The first-order chi connectivity index (χ1) is 11.6. The molecule has 0 saturated carbocycles. The largest absolute Gasteiger partial charge is 0.328 e. The molecule has 0 aliphatic carbocycles. The lowest BCUT2D eigenvalue weighted by Gasteiger charge is -2.30. The predicted octanol–water partition coefficient (Wildman–Crippen LogP) is 2.18. The second kappa shape index (κ2) is 7.58. The lowest BCUT2D eigenvalue weighted by atomic mass is 10.1. The maximum Gasteiger partial charge on any atom is 0.123 e. The number of hydrazone groups is 1. The zero-order valence-electron chi connectivity index (χ0n) is 14.4. The molecule has 0 unspecified atom stereocenters. The van der Waals surface area contributed by atoms with E-state index in [4.69, 9.17) is 0 Å². The number of aryl methyl sites for hydroxylation is 2. The SMILES string of the molecule is Cc1ccc(C[NH+]2CCN(/N=C\c3cccc(F)c3)CC2)c(C)c1.